The minimum Gasteiger partial charge on any atom is -0.462 e. The van der Waals surface area contributed by atoms with E-state index in [1.807, 2.05) is 19.1 Å². The summed E-state index contributed by atoms with van der Waals surface area (Å²) in [6, 6.07) is 0. The molecule has 5 heteroatoms. The average molecular weight is 414 g/mol. The summed E-state index contributed by atoms with van der Waals surface area (Å²) in [4.78, 5) is 25.2. The molecule has 0 spiro atoms. The first-order valence-electron chi connectivity index (χ1n) is 14.8. The van der Waals surface area contributed by atoms with Crippen molar-refractivity contribution in [1.82, 2.24) is 0 Å². The van der Waals surface area contributed by atoms with E-state index in [9.17, 15) is 9.59 Å². The van der Waals surface area contributed by atoms with Crippen molar-refractivity contribution in [2.24, 2.45) is 29.6 Å². The number of carbonyl (C=O) groups excluding carboxylic acids is 2. The van der Waals surface area contributed by atoms with Gasteiger partial charge in [0.25, 0.3) is 0 Å². The Labute approximate surface area is 187 Å². The summed E-state index contributed by atoms with van der Waals surface area (Å²) in [5.41, 5.74) is 0.713. The number of fused-ring (bicyclic) bond motifs is 1. The monoisotopic (exact) mass is 413 g/mol. The second kappa shape index (κ2) is 9.46. The van der Waals surface area contributed by atoms with Crippen LogP contribution in [0, 0.1) is 29.6 Å². The third-order valence-corrected chi connectivity index (χ3v) is 6.21. The molecule has 0 amide bonds. The normalized spacial score (nSPS) is 45.0. The highest BCUT2D eigenvalue weighted by molar-refractivity contribution is 5.72. The van der Waals surface area contributed by atoms with Gasteiger partial charge in [-0.1, -0.05) is 45.8 Å². The largest absolute Gasteiger partial charge is 0.462 e. The molecule has 0 radical (unpaired) electrons. The van der Waals surface area contributed by atoms with Crippen LogP contribution < -0.4 is 0 Å². The van der Waals surface area contributed by atoms with E-state index < -0.39 is 62.2 Å². The van der Waals surface area contributed by atoms with Crippen LogP contribution in [0.5, 0.6) is 0 Å². The second-order valence-electron chi connectivity index (χ2n) is 8.33. The molecular formula is C24H36O5. The van der Waals surface area contributed by atoms with Crippen molar-refractivity contribution >= 4 is 11.9 Å². The van der Waals surface area contributed by atoms with E-state index in [1.54, 1.807) is 13.0 Å². The topological polar surface area (TPSA) is 72.8 Å². The molecule has 1 aliphatic heterocycles. The number of allylic oxidation sites excluding steroid dienone is 3. The van der Waals surface area contributed by atoms with Crippen LogP contribution in [0.2, 0.25) is 0 Å². The van der Waals surface area contributed by atoms with Gasteiger partial charge in [-0.2, -0.15) is 0 Å². The maximum Gasteiger partial charge on any atom is 0.308 e. The maximum atomic E-state index is 13.0. The van der Waals surface area contributed by atoms with Gasteiger partial charge >= 0.3 is 11.9 Å². The Hall–Kier alpha value is -1.62. The van der Waals surface area contributed by atoms with Gasteiger partial charge in [0.2, 0.25) is 1.43 Å². The Balaban J connectivity index is 1.86. The molecule has 1 N–H and O–H groups in total. The first-order chi connectivity index (χ1) is 17.5. The zero-order valence-electron chi connectivity index (χ0n) is 25.9. The number of aliphatic hydroxyl groups excluding tert-OH is 1. The zero-order valence-corrected chi connectivity index (χ0v) is 16.9. The Kier molecular flexibility index (Phi) is 4.22. The molecule has 3 rings (SSSR count). The number of ether oxygens (including phenoxy) is 2. The van der Waals surface area contributed by atoms with E-state index in [2.05, 4.69) is 5.11 Å². The van der Waals surface area contributed by atoms with E-state index >= 15 is 0 Å². The van der Waals surface area contributed by atoms with Crippen molar-refractivity contribution in [3.05, 3.63) is 23.8 Å². The molecule has 1 unspecified atom stereocenters. The average Bonchev–Trinajstić information content (AvgIpc) is 2.79. The van der Waals surface area contributed by atoms with E-state index in [-0.39, 0.29) is 37.0 Å². The fraction of sp³-hybridized carbons (Fsp3) is 0.750. The Morgan fingerprint density at radius 3 is 3.07 bits per heavy atom. The van der Waals surface area contributed by atoms with Crippen LogP contribution in [0.1, 0.15) is 77.0 Å². The minimum absolute atomic E-state index is 0.0128. The molecule has 0 aromatic carbocycles. The lowest BCUT2D eigenvalue weighted by molar-refractivity contribution is -0.162. The van der Waals surface area contributed by atoms with Gasteiger partial charge in [0, 0.05) is 23.3 Å². The van der Waals surface area contributed by atoms with Gasteiger partial charge in [0.05, 0.1) is 18.4 Å². The van der Waals surface area contributed by atoms with Gasteiger partial charge in [0.15, 0.2) is 0 Å². The zero-order chi connectivity index (χ0) is 28.6. The van der Waals surface area contributed by atoms with Gasteiger partial charge in [-0.15, -0.1) is 0 Å². The van der Waals surface area contributed by atoms with Crippen molar-refractivity contribution in [3.8, 4) is 0 Å². The summed E-state index contributed by atoms with van der Waals surface area (Å²) in [6.45, 7) is -1.31. The van der Waals surface area contributed by atoms with Gasteiger partial charge in [-0.05, 0) is 49.0 Å². The number of aliphatic hydroxyl groups is 1. The molecule has 2 aliphatic carbocycles. The lowest BCUT2D eigenvalue weighted by atomic mass is 9.65. The van der Waals surface area contributed by atoms with Crippen molar-refractivity contribution in [2.45, 2.75) is 84.3 Å². The Morgan fingerprint density at radius 2 is 2.34 bits per heavy atom. The molecule has 29 heavy (non-hydrogen) atoms. The van der Waals surface area contributed by atoms with Gasteiger partial charge in [0.1, 0.15) is 12.2 Å². The SMILES string of the molecule is [2H]O[C@@H]1CC(CC[C@@H]2[C@@H]3C(=C[C@H](C([2H])([2H])[2H])C[C@@H]3OC(=O)[C@H](CC)C([2H])([2H])[2H])C=C[C@@H]2C)OC(=O)C1([2H])[2H]. The van der Waals surface area contributed by atoms with Crippen LogP contribution in [0.3, 0.4) is 0 Å². The van der Waals surface area contributed by atoms with Crippen molar-refractivity contribution in [1.29, 1.82) is 1.43 Å². The molecule has 0 bridgehead atoms. The standard InChI is InChI=1S/C24H36O5/c1-5-15(3)24(27)29-21-11-14(2)10-17-7-6-16(4)20(23(17)21)9-8-19-12-18(25)13-22(26)28-19/h6-7,10,14-16,18-21,23,25H,5,8-9,11-13H2,1-4H3/t14-,15-,16-,18+,19?,20-,21-,23-/m0/s1/i2D3,3D3,13D2,25D. The number of hydrogen-bond donors (Lipinski definition) is 1. The first-order valence-corrected chi connectivity index (χ1v) is 10.4. The molecule has 3 aliphatic rings. The van der Waals surface area contributed by atoms with Crippen LogP contribution in [0.15, 0.2) is 23.8 Å². The molecular weight excluding hydrogens is 368 g/mol. The summed E-state index contributed by atoms with van der Waals surface area (Å²) in [7, 11) is 0. The summed E-state index contributed by atoms with van der Waals surface area (Å²) in [5, 5.41) is 4.47. The van der Waals surface area contributed by atoms with E-state index in [4.69, 9.17) is 21.9 Å². The molecule has 0 aromatic heterocycles. The number of carbonyl (C=O) groups is 2. The molecule has 0 aromatic rings. The highest BCUT2D eigenvalue weighted by Gasteiger charge is 2.42. The molecule has 1 fully saturated rings. The minimum atomic E-state index is -2.55. The molecule has 8 atom stereocenters. The quantitative estimate of drug-likeness (QED) is 0.634. The third kappa shape index (κ3) is 5.30. The Morgan fingerprint density at radius 1 is 1.48 bits per heavy atom. The number of rotatable bonds is 7. The molecule has 5 nitrogen and oxygen atoms in total. The lowest BCUT2D eigenvalue weighted by Gasteiger charge is -2.43. The van der Waals surface area contributed by atoms with Gasteiger partial charge < -0.3 is 14.6 Å². The number of esters is 2. The summed E-state index contributed by atoms with van der Waals surface area (Å²) < 4.78 is 80.9. The first kappa shape index (κ1) is 12.9. The number of cyclic esters (lactones) is 1. The van der Waals surface area contributed by atoms with Gasteiger partial charge in [-0.25, -0.2) is 0 Å². The number of hydrogen-bond acceptors (Lipinski definition) is 5. The van der Waals surface area contributed by atoms with Crippen LogP contribution in [0.25, 0.3) is 0 Å². The van der Waals surface area contributed by atoms with E-state index in [0.29, 0.717) is 18.4 Å². The predicted molar refractivity (Wildman–Crippen MR) is 111 cm³/mol. The van der Waals surface area contributed by atoms with Crippen LogP contribution in [0.4, 0.5) is 0 Å². The fourth-order valence-corrected chi connectivity index (χ4v) is 4.62. The fourth-order valence-electron chi connectivity index (χ4n) is 4.62. The molecule has 1 saturated heterocycles. The molecule has 162 valence electrons. The molecule has 1 heterocycles. The van der Waals surface area contributed by atoms with Crippen LogP contribution in [-0.2, 0) is 19.1 Å². The summed E-state index contributed by atoms with van der Waals surface area (Å²) >= 11 is 0. The highest BCUT2D eigenvalue weighted by Crippen LogP contribution is 2.45. The highest BCUT2D eigenvalue weighted by atomic mass is 16.5. The Bertz CT molecular complexity index is 943. The second-order valence-corrected chi connectivity index (χ2v) is 8.33. The van der Waals surface area contributed by atoms with Gasteiger partial charge in [-0.3, -0.25) is 9.59 Å². The predicted octanol–water partition coefficient (Wildman–Crippen LogP) is 4.20. The van der Waals surface area contributed by atoms with E-state index in [0.717, 1.165) is 0 Å². The third-order valence-electron chi connectivity index (χ3n) is 6.21. The van der Waals surface area contributed by atoms with Crippen molar-refractivity contribution in [3.63, 3.8) is 0 Å². The maximum absolute atomic E-state index is 13.0. The lowest BCUT2D eigenvalue weighted by Crippen LogP contribution is -2.42. The summed E-state index contributed by atoms with van der Waals surface area (Å²) in [6.07, 6.45) is 1.18. The summed E-state index contributed by atoms with van der Waals surface area (Å²) in [5.74, 6) is -4.69. The van der Waals surface area contributed by atoms with E-state index in [1.165, 1.54) is 0 Å². The van der Waals surface area contributed by atoms with Crippen molar-refractivity contribution < 1.29 is 35.1 Å². The molecule has 0 saturated carbocycles. The van der Waals surface area contributed by atoms with Crippen molar-refractivity contribution in [2.75, 3.05) is 0 Å². The van der Waals surface area contributed by atoms with Crippen LogP contribution >= 0.6 is 0 Å². The van der Waals surface area contributed by atoms with Crippen LogP contribution in [-0.4, -0.2) is 36.8 Å². The smallest absolute Gasteiger partial charge is 0.308 e.